The van der Waals surface area contributed by atoms with Gasteiger partial charge < -0.3 is 15.7 Å². The SMILES string of the molecule is CCC(CNC(=O)Nc1cccc(Cl)c1C)C(=O)O. The molecule has 0 heterocycles. The molecule has 0 aromatic heterocycles. The molecule has 2 amide bonds. The standard InChI is InChI=1S/C13H17ClN2O3/c1-3-9(12(17)18)7-15-13(19)16-11-6-4-5-10(14)8(11)2/h4-6,9H,3,7H2,1-2H3,(H,17,18)(H2,15,16,19). The van der Waals surface area contributed by atoms with E-state index in [4.69, 9.17) is 16.7 Å². The van der Waals surface area contributed by atoms with Crippen LogP contribution in [0.1, 0.15) is 18.9 Å². The predicted octanol–water partition coefficient (Wildman–Crippen LogP) is 2.88. The van der Waals surface area contributed by atoms with Crippen molar-refractivity contribution in [3.05, 3.63) is 28.8 Å². The normalized spacial score (nSPS) is 11.7. The van der Waals surface area contributed by atoms with Crippen LogP contribution in [0.3, 0.4) is 0 Å². The third kappa shape index (κ3) is 4.44. The van der Waals surface area contributed by atoms with Gasteiger partial charge in [0.1, 0.15) is 0 Å². The molecule has 19 heavy (non-hydrogen) atoms. The van der Waals surface area contributed by atoms with Gasteiger partial charge in [0.15, 0.2) is 0 Å². The van der Waals surface area contributed by atoms with E-state index in [9.17, 15) is 9.59 Å². The summed E-state index contributed by atoms with van der Waals surface area (Å²) in [6.07, 6.45) is 0.464. The van der Waals surface area contributed by atoms with Gasteiger partial charge in [0.05, 0.1) is 5.92 Å². The number of amides is 2. The Labute approximate surface area is 117 Å². The monoisotopic (exact) mass is 284 g/mol. The van der Waals surface area contributed by atoms with Gasteiger partial charge in [-0.1, -0.05) is 24.6 Å². The molecule has 1 rings (SSSR count). The lowest BCUT2D eigenvalue weighted by Crippen LogP contribution is -2.35. The Bertz CT molecular complexity index is 477. The van der Waals surface area contributed by atoms with Gasteiger partial charge in [0.2, 0.25) is 0 Å². The number of carboxylic acids is 1. The molecule has 0 radical (unpaired) electrons. The van der Waals surface area contributed by atoms with Gasteiger partial charge in [0, 0.05) is 17.3 Å². The summed E-state index contributed by atoms with van der Waals surface area (Å²) in [5, 5.41) is 14.6. The zero-order valence-electron chi connectivity index (χ0n) is 10.9. The summed E-state index contributed by atoms with van der Waals surface area (Å²) < 4.78 is 0. The minimum atomic E-state index is -0.915. The van der Waals surface area contributed by atoms with Gasteiger partial charge in [-0.05, 0) is 31.0 Å². The molecule has 0 aliphatic rings. The molecule has 3 N–H and O–H groups in total. The average Bonchev–Trinajstić information content (AvgIpc) is 2.35. The van der Waals surface area contributed by atoms with E-state index in [0.29, 0.717) is 17.1 Å². The number of carbonyl (C=O) groups excluding carboxylic acids is 1. The molecule has 0 fully saturated rings. The van der Waals surface area contributed by atoms with Crippen molar-refractivity contribution in [2.24, 2.45) is 5.92 Å². The molecule has 1 unspecified atom stereocenters. The highest BCUT2D eigenvalue weighted by Crippen LogP contribution is 2.22. The molecule has 5 nitrogen and oxygen atoms in total. The number of carbonyl (C=O) groups is 2. The first-order valence-electron chi connectivity index (χ1n) is 5.98. The van der Waals surface area contributed by atoms with Crippen LogP contribution in [0.15, 0.2) is 18.2 Å². The Kier molecular flexibility index (Phi) is 5.63. The zero-order valence-corrected chi connectivity index (χ0v) is 11.6. The Hall–Kier alpha value is -1.75. The number of hydrogen-bond donors (Lipinski definition) is 3. The molecular formula is C13H17ClN2O3. The Morgan fingerprint density at radius 2 is 2.11 bits per heavy atom. The molecular weight excluding hydrogens is 268 g/mol. The van der Waals surface area contributed by atoms with Crippen molar-refractivity contribution in [1.82, 2.24) is 5.32 Å². The van der Waals surface area contributed by atoms with Crippen LogP contribution >= 0.6 is 11.6 Å². The van der Waals surface area contributed by atoms with Crippen molar-refractivity contribution in [1.29, 1.82) is 0 Å². The Balaban J connectivity index is 2.56. The van der Waals surface area contributed by atoms with Crippen LogP contribution in [0, 0.1) is 12.8 Å². The zero-order chi connectivity index (χ0) is 14.4. The number of hydrogen-bond acceptors (Lipinski definition) is 2. The number of benzene rings is 1. The minimum absolute atomic E-state index is 0.0945. The number of aliphatic carboxylic acids is 1. The van der Waals surface area contributed by atoms with Gasteiger partial charge in [0.25, 0.3) is 0 Å². The Morgan fingerprint density at radius 1 is 1.42 bits per heavy atom. The van der Waals surface area contributed by atoms with Crippen LogP contribution in [-0.2, 0) is 4.79 Å². The smallest absolute Gasteiger partial charge is 0.319 e. The fourth-order valence-corrected chi connectivity index (χ4v) is 1.71. The third-order valence-electron chi connectivity index (χ3n) is 2.87. The van der Waals surface area contributed by atoms with Gasteiger partial charge >= 0.3 is 12.0 Å². The van der Waals surface area contributed by atoms with Crippen LogP contribution in [0.25, 0.3) is 0 Å². The van der Waals surface area contributed by atoms with Crippen molar-refractivity contribution in [2.75, 3.05) is 11.9 Å². The van der Waals surface area contributed by atoms with Crippen molar-refractivity contribution >= 4 is 29.3 Å². The first-order valence-corrected chi connectivity index (χ1v) is 6.36. The van der Waals surface area contributed by atoms with E-state index in [1.54, 1.807) is 32.0 Å². The van der Waals surface area contributed by atoms with Crippen LogP contribution in [0.2, 0.25) is 5.02 Å². The lowest BCUT2D eigenvalue weighted by Gasteiger charge is -2.13. The highest BCUT2D eigenvalue weighted by molar-refractivity contribution is 6.31. The molecule has 0 aliphatic carbocycles. The first kappa shape index (κ1) is 15.3. The fourth-order valence-electron chi connectivity index (χ4n) is 1.53. The second kappa shape index (κ2) is 6.99. The lowest BCUT2D eigenvalue weighted by atomic mass is 10.1. The number of carboxylic acid groups (broad SMARTS) is 1. The van der Waals surface area contributed by atoms with E-state index in [-0.39, 0.29) is 6.54 Å². The van der Waals surface area contributed by atoms with Gasteiger partial charge in [-0.15, -0.1) is 0 Å². The van der Waals surface area contributed by atoms with E-state index in [2.05, 4.69) is 10.6 Å². The number of halogens is 1. The summed E-state index contributed by atoms with van der Waals surface area (Å²) in [5.41, 5.74) is 1.37. The number of anilines is 1. The molecule has 0 saturated heterocycles. The summed E-state index contributed by atoms with van der Waals surface area (Å²) >= 11 is 5.94. The van der Waals surface area contributed by atoms with Crippen molar-refractivity contribution in [3.63, 3.8) is 0 Å². The number of rotatable bonds is 5. The second-order valence-corrected chi connectivity index (χ2v) is 4.60. The van der Waals surface area contributed by atoms with Crippen LogP contribution in [0.4, 0.5) is 10.5 Å². The summed E-state index contributed by atoms with van der Waals surface area (Å²) in [6.45, 7) is 3.65. The fraction of sp³-hybridized carbons (Fsp3) is 0.385. The molecule has 0 saturated carbocycles. The van der Waals surface area contributed by atoms with E-state index < -0.39 is 17.9 Å². The van der Waals surface area contributed by atoms with Gasteiger partial charge in [-0.2, -0.15) is 0 Å². The maximum atomic E-state index is 11.7. The first-order chi connectivity index (χ1) is 8.95. The molecule has 1 aromatic rings. The molecule has 0 aliphatic heterocycles. The highest BCUT2D eigenvalue weighted by atomic mass is 35.5. The average molecular weight is 285 g/mol. The minimum Gasteiger partial charge on any atom is -0.481 e. The maximum Gasteiger partial charge on any atom is 0.319 e. The van der Waals surface area contributed by atoms with Crippen molar-refractivity contribution in [2.45, 2.75) is 20.3 Å². The highest BCUT2D eigenvalue weighted by Gasteiger charge is 2.16. The maximum absolute atomic E-state index is 11.7. The van der Waals surface area contributed by atoms with Gasteiger partial charge in [-0.3, -0.25) is 4.79 Å². The summed E-state index contributed by atoms with van der Waals surface area (Å²) in [7, 11) is 0. The van der Waals surface area contributed by atoms with Crippen molar-refractivity contribution < 1.29 is 14.7 Å². The van der Waals surface area contributed by atoms with E-state index >= 15 is 0 Å². The largest absolute Gasteiger partial charge is 0.481 e. The van der Waals surface area contributed by atoms with Crippen LogP contribution in [0.5, 0.6) is 0 Å². The molecule has 1 atom stereocenters. The number of nitrogens with one attached hydrogen (secondary N) is 2. The second-order valence-electron chi connectivity index (χ2n) is 4.19. The molecule has 6 heteroatoms. The predicted molar refractivity (Wildman–Crippen MR) is 74.6 cm³/mol. The van der Waals surface area contributed by atoms with E-state index in [1.807, 2.05) is 0 Å². The molecule has 1 aromatic carbocycles. The lowest BCUT2D eigenvalue weighted by molar-refractivity contribution is -0.141. The van der Waals surface area contributed by atoms with Crippen LogP contribution in [-0.4, -0.2) is 23.7 Å². The summed E-state index contributed by atoms with van der Waals surface area (Å²) in [6, 6.07) is 4.76. The third-order valence-corrected chi connectivity index (χ3v) is 3.28. The molecule has 104 valence electrons. The van der Waals surface area contributed by atoms with E-state index in [0.717, 1.165) is 5.56 Å². The van der Waals surface area contributed by atoms with E-state index in [1.165, 1.54) is 0 Å². The van der Waals surface area contributed by atoms with Crippen LogP contribution < -0.4 is 10.6 Å². The van der Waals surface area contributed by atoms with Crippen molar-refractivity contribution in [3.8, 4) is 0 Å². The topological polar surface area (TPSA) is 78.4 Å². The molecule has 0 spiro atoms. The van der Waals surface area contributed by atoms with Gasteiger partial charge in [-0.25, -0.2) is 4.79 Å². The number of urea groups is 1. The quantitative estimate of drug-likeness (QED) is 0.778. The summed E-state index contributed by atoms with van der Waals surface area (Å²) in [4.78, 5) is 22.5. The Morgan fingerprint density at radius 3 is 2.68 bits per heavy atom. The summed E-state index contributed by atoms with van der Waals surface area (Å²) in [5.74, 6) is -1.49. The molecule has 0 bridgehead atoms.